The molecule has 37 heavy (non-hydrogen) atoms. The molecule has 4 heterocycles. The van der Waals surface area contributed by atoms with Gasteiger partial charge in [0.05, 0.1) is 22.6 Å². The highest BCUT2D eigenvalue weighted by Gasteiger charge is 2.43. The van der Waals surface area contributed by atoms with E-state index in [9.17, 15) is 22.8 Å². The third kappa shape index (κ3) is 5.51. The molecule has 0 radical (unpaired) electrons. The molecule has 1 aromatic carbocycles. The molecule has 1 amide bonds. The van der Waals surface area contributed by atoms with Crippen molar-refractivity contribution in [3.63, 3.8) is 0 Å². The Morgan fingerprint density at radius 1 is 1.08 bits per heavy atom. The summed E-state index contributed by atoms with van der Waals surface area (Å²) in [7, 11) is 0. The van der Waals surface area contributed by atoms with E-state index in [1.165, 1.54) is 18.0 Å². The first-order valence-electron chi connectivity index (χ1n) is 11.7. The maximum absolute atomic E-state index is 13.0. The first kappa shape index (κ1) is 24.9. The molecule has 0 atom stereocenters. The number of amides is 1. The minimum absolute atomic E-state index is 0.153. The molecule has 2 aliphatic rings. The van der Waals surface area contributed by atoms with Gasteiger partial charge in [0.1, 0.15) is 0 Å². The molecule has 0 bridgehead atoms. The van der Waals surface area contributed by atoms with Gasteiger partial charge in [-0.3, -0.25) is 9.78 Å². The van der Waals surface area contributed by atoms with E-state index in [1.807, 2.05) is 30.0 Å². The zero-order chi connectivity index (χ0) is 26.0. The number of hydrogen-bond donors (Lipinski definition) is 1. The highest BCUT2D eigenvalue weighted by atomic mass is 32.2. The van der Waals surface area contributed by atoms with E-state index in [-0.39, 0.29) is 29.9 Å². The number of aromatic nitrogens is 2. The monoisotopic (exact) mass is 528 g/mol. The van der Waals surface area contributed by atoms with E-state index in [2.05, 4.69) is 27.3 Å². The zero-order valence-electron chi connectivity index (χ0n) is 19.6. The van der Waals surface area contributed by atoms with E-state index in [1.54, 1.807) is 18.2 Å². The lowest BCUT2D eigenvalue weighted by molar-refractivity contribution is -0.199. The minimum atomic E-state index is -5.18. The van der Waals surface area contributed by atoms with Crippen molar-refractivity contribution in [2.24, 2.45) is 0 Å². The molecule has 192 valence electrons. The van der Waals surface area contributed by atoms with Crippen LogP contribution in [0.3, 0.4) is 0 Å². The van der Waals surface area contributed by atoms with Crippen LogP contribution < -0.4 is 15.1 Å². The molecule has 0 spiro atoms. The molecule has 5 rings (SSSR count). The second-order valence-electron chi connectivity index (χ2n) is 8.56. The third-order valence-electron chi connectivity index (χ3n) is 6.15. The van der Waals surface area contributed by atoms with Crippen LogP contribution >= 0.6 is 11.8 Å². The highest BCUT2D eigenvalue weighted by Crippen LogP contribution is 2.29. The lowest BCUT2D eigenvalue weighted by atomic mass is 10.1. The fraction of sp³-hybridized carbons (Fsp3) is 0.269. The fourth-order valence-corrected chi connectivity index (χ4v) is 5.20. The number of thioether (sulfide) groups is 1. The average molecular weight is 529 g/mol. The van der Waals surface area contributed by atoms with Crippen molar-refractivity contribution in [2.75, 3.05) is 36.0 Å². The molecule has 1 N–H and O–H groups in total. The Morgan fingerprint density at radius 3 is 2.57 bits per heavy atom. The van der Waals surface area contributed by atoms with Gasteiger partial charge in [-0.15, -0.1) is 0 Å². The number of fused-ring (bicyclic) bond motifs is 1. The van der Waals surface area contributed by atoms with Gasteiger partial charge in [-0.2, -0.15) is 29.7 Å². The number of alkyl halides is 3. The number of nitrogens with one attached hydrogen (secondary N) is 1. The molecule has 2 aromatic heterocycles. The number of halogens is 3. The smallest absolute Gasteiger partial charge is 0.370 e. The van der Waals surface area contributed by atoms with E-state index >= 15 is 0 Å². The summed E-state index contributed by atoms with van der Waals surface area (Å²) in [5, 5.41) is 2.65. The zero-order valence-corrected chi connectivity index (χ0v) is 20.4. The maximum Gasteiger partial charge on any atom is 0.493 e. The fourth-order valence-electron chi connectivity index (χ4n) is 4.29. The summed E-state index contributed by atoms with van der Waals surface area (Å²) in [6.45, 7) is 2.28. The summed E-state index contributed by atoms with van der Waals surface area (Å²) in [6, 6.07) is 12.9. The SMILES string of the molecule is O=C1NCCc2c1cc(-c1ccnc(C=Cc3ccc(N4CCSCC4)cc3)c1)n2OC(=O)C(F)(F)F. The molecule has 3 aromatic rings. The largest absolute Gasteiger partial charge is 0.493 e. The molecular formula is C26H23F3N4O3S. The average Bonchev–Trinajstić information content (AvgIpc) is 3.27. The number of hydrogen-bond acceptors (Lipinski definition) is 6. The molecule has 2 aliphatic heterocycles. The standard InChI is InChI=1S/C26H23F3N4O3S/c27-26(28,29)25(35)36-33-22-8-10-31-24(34)21(22)16-23(33)18-7-9-30-19(15-18)4-1-17-2-5-20(6-3-17)32-11-13-37-14-12-32/h1-7,9,15-16H,8,10-14H2,(H,31,34). The normalized spacial score (nSPS) is 16.0. The summed E-state index contributed by atoms with van der Waals surface area (Å²) in [6.07, 6.45) is 0.228. The van der Waals surface area contributed by atoms with Gasteiger partial charge < -0.3 is 15.1 Å². The van der Waals surface area contributed by atoms with Gasteiger partial charge in [0.15, 0.2) is 0 Å². The van der Waals surface area contributed by atoms with Crippen LogP contribution in [0.5, 0.6) is 0 Å². The van der Waals surface area contributed by atoms with E-state index in [0.29, 0.717) is 11.3 Å². The van der Waals surface area contributed by atoms with Crippen LogP contribution in [0.4, 0.5) is 18.9 Å². The summed E-state index contributed by atoms with van der Waals surface area (Å²) in [5.41, 5.74) is 3.67. The van der Waals surface area contributed by atoms with Crippen LogP contribution in [-0.2, 0) is 11.2 Å². The number of carbonyl (C=O) groups excluding carboxylic acids is 2. The molecule has 1 fully saturated rings. The second kappa shape index (κ2) is 10.3. The molecule has 11 heteroatoms. The predicted molar refractivity (Wildman–Crippen MR) is 136 cm³/mol. The van der Waals surface area contributed by atoms with Crippen LogP contribution in [0.25, 0.3) is 23.4 Å². The molecule has 0 aliphatic carbocycles. The molecule has 7 nitrogen and oxygen atoms in total. The van der Waals surface area contributed by atoms with Crippen molar-refractivity contribution in [1.82, 2.24) is 15.0 Å². The Kier molecular flexibility index (Phi) is 6.96. The predicted octanol–water partition coefficient (Wildman–Crippen LogP) is 4.08. The number of nitrogens with zero attached hydrogens (tertiary/aromatic N) is 3. The van der Waals surface area contributed by atoms with Gasteiger partial charge in [-0.25, -0.2) is 4.79 Å². The summed E-state index contributed by atoms with van der Waals surface area (Å²) in [5.74, 6) is -0.559. The van der Waals surface area contributed by atoms with Gasteiger partial charge in [0.2, 0.25) is 0 Å². The van der Waals surface area contributed by atoms with Crippen molar-refractivity contribution < 1.29 is 27.6 Å². The molecular weight excluding hydrogens is 505 g/mol. The first-order valence-corrected chi connectivity index (χ1v) is 12.8. The number of carbonyl (C=O) groups is 2. The lowest BCUT2D eigenvalue weighted by Gasteiger charge is -2.28. The van der Waals surface area contributed by atoms with Crippen LogP contribution in [0.2, 0.25) is 0 Å². The Balaban J connectivity index is 1.41. The minimum Gasteiger partial charge on any atom is -0.370 e. The van der Waals surface area contributed by atoms with Crippen LogP contribution in [0, 0.1) is 0 Å². The van der Waals surface area contributed by atoms with E-state index in [4.69, 9.17) is 4.84 Å². The van der Waals surface area contributed by atoms with E-state index < -0.39 is 18.1 Å². The van der Waals surface area contributed by atoms with Crippen LogP contribution in [-0.4, -0.2) is 58.9 Å². The summed E-state index contributed by atoms with van der Waals surface area (Å²) >= 11 is 1.96. The Bertz CT molecular complexity index is 1350. The van der Waals surface area contributed by atoms with Crippen LogP contribution in [0.15, 0.2) is 48.7 Å². The van der Waals surface area contributed by atoms with Gasteiger partial charge in [-0.05, 0) is 42.0 Å². The Labute approximate surface area is 215 Å². The second-order valence-corrected chi connectivity index (χ2v) is 9.79. The number of pyridine rings is 1. The van der Waals surface area contributed by atoms with Gasteiger partial charge in [0.25, 0.3) is 5.91 Å². The third-order valence-corrected chi connectivity index (χ3v) is 7.09. The summed E-state index contributed by atoms with van der Waals surface area (Å²) in [4.78, 5) is 35.3. The molecule has 0 saturated carbocycles. The molecule has 0 unspecified atom stereocenters. The number of anilines is 1. The van der Waals surface area contributed by atoms with Crippen molar-refractivity contribution in [2.45, 2.75) is 12.6 Å². The van der Waals surface area contributed by atoms with Gasteiger partial charge in [-0.1, -0.05) is 18.2 Å². The Hall–Kier alpha value is -3.73. The first-order chi connectivity index (χ1) is 17.8. The number of benzene rings is 1. The topological polar surface area (TPSA) is 76.5 Å². The van der Waals surface area contributed by atoms with Gasteiger partial charge >= 0.3 is 12.1 Å². The Morgan fingerprint density at radius 2 is 1.84 bits per heavy atom. The quantitative estimate of drug-likeness (QED) is 0.538. The van der Waals surface area contributed by atoms with Crippen molar-refractivity contribution in [1.29, 1.82) is 0 Å². The van der Waals surface area contributed by atoms with Crippen molar-refractivity contribution in [3.05, 3.63) is 71.2 Å². The summed E-state index contributed by atoms with van der Waals surface area (Å²) < 4.78 is 39.7. The van der Waals surface area contributed by atoms with E-state index in [0.717, 1.165) is 34.9 Å². The van der Waals surface area contributed by atoms with Crippen LogP contribution in [0.1, 0.15) is 27.3 Å². The lowest BCUT2D eigenvalue weighted by Crippen LogP contribution is -2.37. The van der Waals surface area contributed by atoms with Crippen molar-refractivity contribution >= 4 is 41.5 Å². The molecule has 1 saturated heterocycles. The van der Waals surface area contributed by atoms with Crippen molar-refractivity contribution in [3.8, 4) is 11.3 Å². The highest BCUT2D eigenvalue weighted by molar-refractivity contribution is 7.99. The maximum atomic E-state index is 13.0. The van der Waals surface area contributed by atoms with Gasteiger partial charge in [0, 0.05) is 55.0 Å². The number of rotatable bonds is 5.